The lowest BCUT2D eigenvalue weighted by molar-refractivity contribution is -0.155. The number of carboxylic acid groups (broad SMARTS) is 1. The van der Waals surface area contributed by atoms with Crippen LogP contribution in [0.5, 0.6) is 0 Å². The highest BCUT2D eigenvalue weighted by Crippen LogP contribution is 2.18. The van der Waals surface area contributed by atoms with Gasteiger partial charge in [-0.15, -0.1) is 0 Å². The van der Waals surface area contributed by atoms with Crippen LogP contribution in [0.4, 0.5) is 0 Å². The first-order chi connectivity index (χ1) is 23.1. The molecule has 1 aliphatic rings. The molecule has 0 saturated carbocycles. The Hall–Kier alpha value is -3.18. The van der Waals surface area contributed by atoms with Crippen LogP contribution in [0.1, 0.15) is 151 Å². The van der Waals surface area contributed by atoms with Gasteiger partial charge in [0.25, 0.3) is 0 Å². The van der Waals surface area contributed by atoms with Crippen LogP contribution in [-0.2, 0) is 33.5 Å². The van der Waals surface area contributed by atoms with E-state index < -0.39 is 72.3 Å². The van der Waals surface area contributed by atoms with Gasteiger partial charge in [0, 0.05) is 6.42 Å². The van der Waals surface area contributed by atoms with Gasteiger partial charge in [0.15, 0.2) is 0 Å². The molecule has 0 aromatic rings. The summed E-state index contributed by atoms with van der Waals surface area (Å²) in [7, 11) is 0. The first-order valence-electron chi connectivity index (χ1n) is 18.8. The summed E-state index contributed by atoms with van der Waals surface area (Å²) in [4.78, 5) is 79.2. The number of rotatable bonds is 19. The van der Waals surface area contributed by atoms with Gasteiger partial charge < -0.3 is 31.1 Å². The molecule has 49 heavy (non-hydrogen) atoms. The van der Waals surface area contributed by atoms with Gasteiger partial charge in [0.2, 0.25) is 23.6 Å². The number of hydrogen-bond acceptors (Lipinski definition) is 7. The van der Waals surface area contributed by atoms with E-state index in [0.717, 1.165) is 25.7 Å². The highest BCUT2D eigenvalue weighted by molar-refractivity contribution is 5.95. The van der Waals surface area contributed by atoms with Crippen molar-refractivity contribution in [1.82, 2.24) is 21.3 Å². The van der Waals surface area contributed by atoms with Gasteiger partial charge in [-0.2, -0.15) is 0 Å². The van der Waals surface area contributed by atoms with Crippen molar-refractivity contribution >= 4 is 35.6 Å². The van der Waals surface area contributed by atoms with Crippen molar-refractivity contribution in [2.45, 2.75) is 181 Å². The Kier molecular flexibility index (Phi) is 21.5. The third-order valence-electron chi connectivity index (χ3n) is 8.61. The number of aliphatic carboxylic acids is 1. The van der Waals surface area contributed by atoms with E-state index in [4.69, 9.17) is 4.74 Å². The summed E-state index contributed by atoms with van der Waals surface area (Å²) < 4.78 is 5.92. The molecule has 5 atom stereocenters. The smallest absolute Gasteiger partial charge is 0.328 e. The van der Waals surface area contributed by atoms with Crippen LogP contribution in [0.3, 0.4) is 0 Å². The zero-order valence-corrected chi connectivity index (χ0v) is 31.2. The van der Waals surface area contributed by atoms with E-state index in [2.05, 4.69) is 28.2 Å². The summed E-state index contributed by atoms with van der Waals surface area (Å²) in [5.74, 6) is -4.18. The lowest BCUT2D eigenvalue weighted by atomic mass is 9.98. The standard InChI is InChI=1S/C37H66N4O8/c1-8-9-10-11-12-13-14-15-16-17-27-23-32(42)38-29(20-24(2)3)35(46)40-30(21-25(4)5)36(47)39-28(18-19-33(43)44)34(45)41-31(22-26(6)7)37(48)49-27/h24-31H,8-23H2,1-7H3,(H,38,42)(H,39,47)(H,40,46)(H,41,45)(H,43,44)/t27-,28+,29+,30-,31+/m1/s1. The van der Waals surface area contributed by atoms with Crippen molar-refractivity contribution in [3.05, 3.63) is 0 Å². The van der Waals surface area contributed by atoms with Crippen LogP contribution in [0.2, 0.25) is 0 Å². The fourth-order valence-corrected chi connectivity index (χ4v) is 6.04. The summed E-state index contributed by atoms with van der Waals surface area (Å²) >= 11 is 0. The maximum Gasteiger partial charge on any atom is 0.328 e. The molecular formula is C37H66N4O8. The van der Waals surface area contributed by atoms with Crippen molar-refractivity contribution < 1.29 is 38.6 Å². The number of hydrogen-bond donors (Lipinski definition) is 5. The van der Waals surface area contributed by atoms with Crippen LogP contribution >= 0.6 is 0 Å². The predicted molar refractivity (Wildman–Crippen MR) is 189 cm³/mol. The molecular weight excluding hydrogens is 628 g/mol. The Morgan fingerprint density at radius 1 is 0.633 bits per heavy atom. The molecule has 1 saturated heterocycles. The minimum absolute atomic E-state index is 0.0157. The van der Waals surface area contributed by atoms with Gasteiger partial charge in [-0.3, -0.25) is 24.0 Å². The van der Waals surface area contributed by atoms with E-state index in [1.807, 2.05) is 41.5 Å². The predicted octanol–water partition coefficient (Wildman–Crippen LogP) is 5.17. The fraction of sp³-hybridized carbons (Fsp3) is 0.838. The highest BCUT2D eigenvalue weighted by Gasteiger charge is 2.34. The number of amides is 4. The molecule has 0 bridgehead atoms. The van der Waals surface area contributed by atoms with Gasteiger partial charge in [0.1, 0.15) is 30.3 Å². The molecule has 1 heterocycles. The minimum atomic E-state index is -1.27. The number of ether oxygens (including phenoxy) is 1. The highest BCUT2D eigenvalue weighted by atomic mass is 16.5. The molecule has 0 aromatic carbocycles. The second-order valence-corrected chi connectivity index (χ2v) is 15.0. The maximum atomic E-state index is 13.6. The first-order valence-corrected chi connectivity index (χ1v) is 18.8. The van der Waals surface area contributed by atoms with Gasteiger partial charge in [-0.05, 0) is 56.3 Å². The average Bonchev–Trinajstić information content (AvgIpc) is 2.99. The molecule has 0 unspecified atom stereocenters. The molecule has 0 aliphatic carbocycles. The Labute approximate surface area is 294 Å². The van der Waals surface area contributed by atoms with E-state index in [0.29, 0.717) is 12.8 Å². The fourth-order valence-electron chi connectivity index (χ4n) is 6.04. The van der Waals surface area contributed by atoms with Crippen LogP contribution in [0.15, 0.2) is 0 Å². The van der Waals surface area contributed by atoms with Crippen molar-refractivity contribution in [1.29, 1.82) is 0 Å². The number of carboxylic acids is 1. The molecule has 0 aromatic heterocycles. The number of nitrogens with one attached hydrogen (secondary N) is 4. The number of cyclic esters (lactones) is 1. The monoisotopic (exact) mass is 694 g/mol. The average molecular weight is 695 g/mol. The van der Waals surface area contributed by atoms with Gasteiger partial charge in [-0.1, -0.05) is 99.8 Å². The Morgan fingerprint density at radius 3 is 1.57 bits per heavy atom. The first kappa shape index (κ1) is 43.8. The summed E-state index contributed by atoms with van der Waals surface area (Å²) in [5.41, 5.74) is 0. The third-order valence-corrected chi connectivity index (χ3v) is 8.61. The third kappa shape index (κ3) is 19.6. The topological polar surface area (TPSA) is 180 Å². The molecule has 0 radical (unpaired) electrons. The molecule has 5 N–H and O–H groups in total. The molecule has 4 amide bonds. The van der Waals surface area contributed by atoms with E-state index >= 15 is 0 Å². The summed E-state index contributed by atoms with van der Waals surface area (Å²) in [6.45, 7) is 13.6. The zero-order valence-electron chi connectivity index (χ0n) is 31.2. The van der Waals surface area contributed by atoms with Crippen LogP contribution < -0.4 is 21.3 Å². The summed E-state index contributed by atoms with van der Waals surface area (Å²) in [6, 6.07) is -4.32. The Bertz CT molecular complexity index is 1050. The van der Waals surface area contributed by atoms with Gasteiger partial charge in [-0.25, -0.2) is 4.79 Å². The molecule has 1 rings (SSSR count). The minimum Gasteiger partial charge on any atom is -0.481 e. The van der Waals surface area contributed by atoms with E-state index in [-0.39, 0.29) is 43.4 Å². The van der Waals surface area contributed by atoms with Crippen molar-refractivity contribution in [3.8, 4) is 0 Å². The second-order valence-electron chi connectivity index (χ2n) is 15.0. The quantitative estimate of drug-likeness (QED) is 0.0908. The maximum absolute atomic E-state index is 13.6. The Morgan fingerprint density at radius 2 is 1.06 bits per heavy atom. The Balaban J connectivity index is 3.38. The number of carbonyl (C=O) groups excluding carboxylic acids is 5. The molecule has 1 aliphatic heterocycles. The number of esters is 1. The molecule has 1 fully saturated rings. The number of unbranched alkanes of at least 4 members (excludes halogenated alkanes) is 8. The normalized spacial score (nSPS) is 23.2. The van der Waals surface area contributed by atoms with E-state index in [9.17, 15) is 33.9 Å². The van der Waals surface area contributed by atoms with Gasteiger partial charge >= 0.3 is 11.9 Å². The van der Waals surface area contributed by atoms with Crippen molar-refractivity contribution in [2.75, 3.05) is 0 Å². The number of carbonyl (C=O) groups is 6. The summed E-state index contributed by atoms with van der Waals surface area (Å²) in [6.07, 6.45) is 9.68. The van der Waals surface area contributed by atoms with Crippen molar-refractivity contribution in [2.24, 2.45) is 17.8 Å². The zero-order chi connectivity index (χ0) is 36.9. The lowest BCUT2D eigenvalue weighted by Gasteiger charge is -2.29. The largest absolute Gasteiger partial charge is 0.481 e. The SMILES string of the molecule is CCCCCCCCCCC[C@@H]1CC(=O)N[C@@H](CC(C)C)C(=O)N[C@H](CC(C)C)C(=O)N[C@@H](CCC(=O)O)C(=O)N[C@@H](CC(C)C)C(=O)O1. The van der Waals surface area contributed by atoms with E-state index in [1.54, 1.807) is 0 Å². The summed E-state index contributed by atoms with van der Waals surface area (Å²) in [5, 5.41) is 20.3. The molecule has 0 spiro atoms. The second kappa shape index (κ2) is 24.1. The van der Waals surface area contributed by atoms with E-state index in [1.165, 1.54) is 32.1 Å². The van der Waals surface area contributed by atoms with Gasteiger partial charge in [0.05, 0.1) is 6.42 Å². The van der Waals surface area contributed by atoms with Crippen LogP contribution in [-0.4, -0.2) is 70.9 Å². The molecule has 12 heteroatoms. The molecule has 282 valence electrons. The lowest BCUT2D eigenvalue weighted by Crippen LogP contribution is -2.58. The van der Waals surface area contributed by atoms with Crippen LogP contribution in [0.25, 0.3) is 0 Å². The molecule has 12 nitrogen and oxygen atoms in total. The van der Waals surface area contributed by atoms with Crippen molar-refractivity contribution in [3.63, 3.8) is 0 Å². The van der Waals surface area contributed by atoms with Crippen LogP contribution in [0, 0.1) is 17.8 Å².